The molecule has 0 saturated carbocycles. The second-order valence-electron chi connectivity index (χ2n) is 5.35. The fraction of sp³-hybridized carbons (Fsp3) is 0.294. The maximum Gasteiger partial charge on any atom is 0.227 e. The lowest BCUT2D eigenvalue weighted by atomic mass is 10.0. The molecule has 1 amide bonds. The Morgan fingerprint density at radius 2 is 2.14 bits per heavy atom. The molecule has 0 radical (unpaired) electrons. The van der Waals surface area contributed by atoms with Gasteiger partial charge in [0, 0.05) is 41.4 Å². The van der Waals surface area contributed by atoms with E-state index >= 15 is 0 Å². The van der Waals surface area contributed by atoms with Crippen LogP contribution in [0.2, 0.25) is 0 Å². The Labute approximate surface area is 133 Å². The van der Waals surface area contributed by atoms with E-state index < -0.39 is 0 Å². The van der Waals surface area contributed by atoms with Gasteiger partial charge in [0.05, 0.1) is 13.0 Å². The average molecular weight is 314 g/mol. The number of thioether (sulfide) groups is 1. The Bertz CT molecular complexity index is 754. The number of aromatic amines is 1. The van der Waals surface area contributed by atoms with Gasteiger partial charge in [-0.05, 0) is 17.9 Å². The molecule has 22 heavy (non-hydrogen) atoms. The molecule has 3 rings (SSSR count). The van der Waals surface area contributed by atoms with Crippen LogP contribution >= 0.6 is 11.8 Å². The lowest BCUT2D eigenvalue weighted by Gasteiger charge is -2.28. The van der Waals surface area contributed by atoms with E-state index in [-0.39, 0.29) is 11.3 Å². The lowest BCUT2D eigenvalue weighted by Crippen LogP contribution is -2.39. The summed E-state index contributed by atoms with van der Waals surface area (Å²) in [5.74, 6) is 0.0791. The number of carbonyl (C=O) groups excluding carboxylic acids is 1. The summed E-state index contributed by atoms with van der Waals surface area (Å²) in [6, 6.07) is 9.49. The number of rotatable bonds is 3. The van der Waals surface area contributed by atoms with Crippen molar-refractivity contribution in [3.8, 4) is 0 Å². The SMILES string of the molecule is CSc1ccccc1CC(=O)N1CCc2[nH]ccc(=O)c2C1. The van der Waals surface area contributed by atoms with Gasteiger partial charge >= 0.3 is 0 Å². The third kappa shape index (κ3) is 2.95. The van der Waals surface area contributed by atoms with Gasteiger partial charge < -0.3 is 9.88 Å². The molecule has 1 aliphatic heterocycles. The van der Waals surface area contributed by atoms with Gasteiger partial charge in [0.1, 0.15) is 0 Å². The molecule has 5 heteroatoms. The van der Waals surface area contributed by atoms with Gasteiger partial charge in [0.15, 0.2) is 5.43 Å². The molecule has 114 valence electrons. The second kappa shape index (κ2) is 6.40. The van der Waals surface area contributed by atoms with Crippen molar-refractivity contribution in [1.82, 2.24) is 9.88 Å². The molecule has 4 nitrogen and oxygen atoms in total. The van der Waals surface area contributed by atoms with E-state index in [0.29, 0.717) is 25.9 Å². The summed E-state index contributed by atoms with van der Waals surface area (Å²) in [6.45, 7) is 1.07. The molecule has 0 unspecified atom stereocenters. The number of amides is 1. The number of fused-ring (bicyclic) bond motifs is 1. The van der Waals surface area contributed by atoms with Gasteiger partial charge in [-0.2, -0.15) is 0 Å². The van der Waals surface area contributed by atoms with Crippen molar-refractivity contribution in [3.05, 3.63) is 63.6 Å². The van der Waals surface area contributed by atoms with Gasteiger partial charge in [0.2, 0.25) is 5.91 Å². The molecule has 2 heterocycles. The number of hydrogen-bond acceptors (Lipinski definition) is 3. The topological polar surface area (TPSA) is 53.2 Å². The lowest BCUT2D eigenvalue weighted by molar-refractivity contribution is -0.131. The molecule has 2 aromatic rings. The zero-order chi connectivity index (χ0) is 15.5. The summed E-state index contributed by atoms with van der Waals surface area (Å²) in [4.78, 5) is 30.5. The molecular weight excluding hydrogens is 296 g/mol. The Morgan fingerprint density at radius 3 is 2.95 bits per heavy atom. The second-order valence-corrected chi connectivity index (χ2v) is 6.20. The predicted octanol–water partition coefficient (Wildman–Crippen LogP) is 2.22. The number of H-pyrrole nitrogens is 1. The fourth-order valence-electron chi connectivity index (χ4n) is 2.80. The number of nitrogens with one attached hydrogen (secondary N) is 1. The molecule has 0 aliphatic carbocycles. The Kier molecular flexibility index (Phi) is 4.34. The number of pyridine rings is 1. The van der Waals surface area contributed by atoms with Crippen molar-refractivity contribution in [1.29, 1.82) is 0 Å². The van der Waals surface area contributed by atoms with Crippen molar-refractivity contribution in [2.24, 2.45) is 0 Å². The maximum absolute atomic E-state index is 12.6. The Balaban J connectivity index is 1.77. The minimum Gasteiger partial charge on any atom is -0.364 e. The van der Waals surface area contributed by atoms with Crippen LogP contribution in [0.25, 0.3) is 0 Å². The van der Waals surface area contributed by atoms with Crippen molar-refractivity contribution >= 4 is 17.7 Å². The molecule has 1 aliphatic rings. The average Bonchev–Trinajstić information content (AvgIpc) is 2.55. The summed E-state index contributed by atoms with van der Waals surface area (Å²) in [6.07, 6.45) is 4.78. The Hall–Kier alpha value is -2.01. The maximum atomic E-state index is 12.6. The molecule has 1 N–H and O–H groups in total. The first kappa shape index (κ1) is 14.9. The van der Waals surface area contributed by atoms with E-state index in [4.69, 9.17) is 0 Å². The van der Waals surface area contributed by atoms with Crippen molar-refractivity contribution in [3.63, 3.8) is 0 Å². The van der Waals surface area contributed by atoms with Crippen LogP contribution in [-0.2, 0) is 24.2 Å². The van der Waals surface area contributed by atoms with E-state index in [0.717, 1.165) is 21.7 Å². The molecule has 1 aromatic heterocycles. The minimum absolute atomic E-state index is 0.00997. The van der Waals surface area contributed by atoms with Gasteiger partial charge in [-0.25, -0.2) is 0 Å². The predicted molar refractivity (Wildman–Crippen MR) is 88.1 cm³/mol. The summed E-state index contributed by atoms with van der Waals surface area (Å²) in [5.41, 5.74) is 2.74. The third-order valence-electron chi connectivity index (χ3n) is 4.02. The van der Waals surface area contributed by atoms with E-state index in [1.807, 2.05) is 30.5 Å². The standard InChI is InChI=1S/C17H18N2O2S/c1-22-16-5-3-2-4-12(16)10-17(21)19-9-7-14-13(11-19)15(20)6-8-18-14/h2-6,8H,7,9-11H2,1H3,(H,18,20). The monoisotopic (exact) mass is 314 g/mol. The highest BCUT2D eigenvalue weighted by atomic mass is 32.2. The number of nitrogens with zero attached hydrogens (tertiary/aromatic N) is 1. The highest BCUT2D eigenvalue weighted by molar-refractivity contribution is 7.98. The molecule has 0 saturated heterocycles. The first-order chi connectivity index (χ1) is 10.7. The number of hydrogen-bond donors (Lipinski definition) is 1. The van der Waals surface area contributed by atoms with E-state index in [9.17, 15) is 9.59 Å². The van der Waals surface area contributed by atoms with E-state index in [2.05, 4.69) is 4.98 Å². The first-order valence-electron chi connectivity index (χ1n) is 7.28. The highest BCUT2D eigenvalue weighted by Crippen LogP contribution is 2.22. The van der Waals surface area contributed by atoms with Crippen molar-refractivity contribution < 1.29 is 4.79 Å². The molecular formula is C17H18N2O2S. The molecule has 0 bridgehead atoms. The van der Waals surface area contributed by atoms with Crippen LogP contribution in [-0.4, -0.2) is 28.6 Å². The van der Waals surface area contributed by atoms with Crippen LogP contribution in [0, 0.1) is 0 Å². The summed E-state index contributed by atoms with van der Waals surface area (Å²) < 4.78 is 0. The number of benzene rings is 1. The van der Waals surface area contributed by atoms with Crippen LogP contribution < -0.4 is 5.43 Å². The van der Waals surface area contributed by atoms with E-state index in [1.54, 1.807) is 22.9 Å². The van der Waals surface area contributed by atoms with Crippen LogP contribution in [0.1, 0.15) is 16.8 Å². The zero-order valence-corrected chi connectivity index (χ0v) is 13.3. The highest BCUT2D eigenvalue weighted by Gasteiger charge is 2.23. The third-order valence-corrected chi connectivity index (χ3v) is 4.86. The van der Waals surface area contributed by atoms with E-state index in [1.165, 1.54) is 6.07 Å². The van der Waals surface area contributed by atoms with Crippen LogP contribution in [0.4, 0.5) is 0 Å². The summed E-state index contributed by atoms with van der Waals surface area (Å²) in [7, 11) is 0. The summed E-state index contributed by atoms with van der Waals surface area (Å²) in [5, 5.41) is 0. The van der Waals surface area contributed by atoms with Gasteiger partial charge in [0.25, 0.3) is 0 Å². The smallest absolute Gasteiger partial charge is 0.227 e. The molecule has 0 atom stereocenters. The molecule has 0 spiro atoms. The number of aromatic nitrogens is 1. The quantitative estimate of drug-likeness (QED) is 0.884. The fourth-order valence-corrected chi connectivity index (χ4v) is 3.42. The largest absolute Gasteiger partial charge is 0.364 e. The van der Waals surface area contributed by atoms with Crippen LogP contribution in [0.3, 0.4) is 0 Å². The summed E-state index contributed by atoms with van der Waals surface area (Å²) >= 11 is 1.65. The van der Waals surface area contributed by atoms with Crippen molar-refractivity contribution in [2.45, 2.75) is 24.3 Å². The van der Waals surface area contributed by atoms with Gasteiger partial charge in [-0.15, -0.1) is 11.8 Å². The minimum atomic E-state index is 0.00997. The van der Waals surface area contributed by atoms with Crippen molar-refractivity contribution in [2.75, 3.05) is 12.8 Å². The molecule has 1 aromatic carbocycles. The number of carbonyl (C=O) groups is 1. The zero-order valence-electron chi connectivity index (χ0n) is 12.5. The Morgan fingerprint density at radius 1 is 1.32 bits per heavy atom. The molecule has 0 fully saturated rings. The normalized spacial score (nSPS) is 13.8. The van der Waals surface area contributed by atoms with Gasteiger partial charge in [-0.1, -0.05) is 18.2 Å². The first-order valence-corrected chi connectivity index (χ1v) is 8.50. The van der Waals surface area contributed by atoms with Crippen LogP contribution in [0.5, 0.6) is 0 Å². The van der Waals surface area contributed by atoms with Gasteiger partial charge in [-0.3, -0.25) is 9.59 Å². The van der Waals surface area contributed by atoms with Crippen LogP contribution in [0.15, 0.2) is 46.2 Å².